The van der Waals surface area contributed by atoms with E-state index in [2.05, 4.69) is 5.32 Å². The molecule has 1 aromatic heterocycles. The van der Waals surface area contributed by atoms with E-state index in [1.165, 1.54) is 6.26 Å². The Morgan fingerprint density at radius 3 is 2.72 bits per heavy atom. The maximum Gasteiger partial charge on any atom is 0.338 e. The SMILES string of the molecule is O=C(OCc1cc(Cl)cc2c1OCOC2)c1ccc(NC(=O)c2ccco2)cc1. The Kier molecular flexibility index (Phi) is 5.50. The van der Waals surface area contributed by atoms with Crippen molar-refractivity contribution in [3.63, 3.8) is 0 Å². The standard InChI is InChI=1S/C21H16ClNO6/c22-16-8-14-10-26-12-29-19(14)15(9-16)11-28-21(25)13-3-5-17(6-4-13)23-20(24)18-2-1-7-27-18/h1-9H,10-12H2,(H,23,24). The molecule has 0 aliphatic carbocycles. The summed E-state index contributed by atoms with van der Waals surface area (Å²) in [6.45, 7) is 0.543. The van der Waals surface area contributed by atoms with Gasteiger partial charge in [0.1, 0.15) is 12.4 Å². The van der Waals surface area contributed by atoms with Crippen molar-refractivity contribution >= 4 is 29.2 Å². The van der Waals surface area contributed by atoms with Crippen LogP contribution in [-0.4, -0.2) is 18.7 Å². The average molecular weight is 414 g/mol. The second kappa shape index (κ2) is 8.38. The number of benzene rings is 2. The molecule has 148 valence electrons. The van der Waals surface area contributed by atoms with Gasteiger partial charge in [0.2, 0.25) is 0 Å². The van der Waals surface area contributed by atoms with Crippen molar-refractivity contribution in [2.24, 2.45) is 0 Å². The minimum Gasteiger partial charge on any atom is -0.467 e. The Bertz CT molecular complexity index is 1030. The number of halogens is 1. The predicted octanol–water partition coefficient (Wildman–Crippen LogP) is 4.41. The first-order chi connectivity index (χ1) is 14.1. The molecule has 1 aliphatic rings. The van der Waals surface area contributed by atoms with E-state index in [1.54, 1.807) is 48.5 Å². The Balaban J connectivity index is 1.39. The number of hydrogen-bond acceptors (Lipinski definition) is 6. The number of anilines is 1. The van der Waals surface area contributed by atoms with Crippen LogP contribution in [0.2, 0.25) is 5.02 Å². The molecule has 2 heterocycles. The quantitative estimate of drug-likeness (QED) is 0.623. The second-order valence-corrected chi connectivity index (χ2v) is 6.69. The molecule has 0 atom stereocenters. The van der Waals surface area contributed by atoms with Gasteiger partial charge in [0.15, 0.2) is 12.6 Å². The van der Waals surface area contributed by atoms with Gasteiger partial charge in [-0.25, -0.2) is 4.79 Å². The van der Waals surface area contributed by atoms with E-state index >= 15 is 0 Å². The van der Waals surface area contributed by atoms with Crippen LogP contribution in [-0.2, 0) is 22.7 Å². The summed E-state index contributed by atoms with van der Waals surface area (Å²) in [5, 5.41) is 3.20. The molecule has 1 amide bonds. The van der Waals surface area contributed by atoms with Crippen molar-refractivity contribution in [2.45, 2.75) is 13.2 Å². The van der Waals surface area contributed by atoms with E-state index in [1.807, 2.05) is 0 Å². The van der Waals surface area contributed by atoms with Crippen LogP contribution < -0.4 is 10.1 Å². The van der Waals surface area contributed by atoms with Gasteiger partial charge in [-0.15, -0.1) is 0 Å². The molecule has 0 radical (unpaired) electrons. The Morgan fingerprint density at radius 2 is 1.97 bits per heavy atom. The van der Waals surface area contributed by atoms with E-state index in [0.717, 1.165) is 5.56 Å². The number of nitrogens with one attached hydrogen (secondary N) is 1. The maximum absolute atomic E-state index is 12.4. The lowest BCUT2D eigenvalue weighted by atomic mass is 10.1. The third-order valence-electron chi connectivity index (χ3n) is 4.23. The second-order valence-electron chi connectivity index (χ2n) is 6.25. The largest absolute Gasteiger partial charge is 0.467 e. The van der Waals surface area contributed by atoms with Crippen LogP contribution in [0.3, 0.4) is 0 Å². The zero-order valence-electron chi connectivity index (χ0n) is 15.1. The first-order valence-electron chi connectivity index (χ1n) is 8.74. The van der Waals surface area contributed by atoms with Crippen molar-refractivity contribution in [1.29, 1.82) is 0 Å². The highest BCUT2D eigenvalue weighted by Gasteiger charge is 2.18. The molecule has 0 unspecified atom stereocenters. The van der Waals surface area contributed by atoms with Crippen molar-refractivity contribution in [3.05, 3.63) is 82.3 Å². The number of hydrogen-bond donors (Lipinski definition) is 1. The van der Waals surface area contributed by atoms with E-state index in [9.17, 15) is 9.59 Å². The van der Waals surface area contributed by atoms with Crippen LogP contribution in [0.1, 0.15) is 32.0 Å². The number of fused-ring (bicyclic) bond motifs is 1. The fraction of sp³-hybridized carbons (Fsp3) is 0.143. The van der Waals surface area contributed by atoms with Crippen molar-refractivity contribution in [1.82, 2.24) is 0 Å². The minimum absolute atomic E-state index is 0.0126. The topological polar surface area (TPSA) is 87.0 Å². The predicted molar refractivity (Wildman–Crippen MR) is 104 cm³/mol. The van der Waals surface area contributed by atoms with Gasteiger partial charge in [0, 0.05) is 21.8 Å². The van der Waals surface area contributed by atoms with Gasteiger partial charge in [-0.3, -0.25) is 4.79 Å². The maximum atomic E-state index is 12.4. The number of amides is 1. The third-order valence-corrected chi connectivity index (χ3v) is 4.45. The van der Waals surface area contributed by atoms with Crippen molar-refractivity contribution < 1.29 is 28.2 Å². The summed E-state index contributed by atoms with van der Waals surface area (Å²) < 4.78 is 21.2. The first-order valence-corrected chi connectivity index (χ1v) is 9.12. The molecule has 4 rings (SSSR count). The number of esters is 1. The lowest BCUT2D eigenvalue weighted by molar-refractivity contribution is -0.0180. The molecular formula is C21H16ClNO6. The van der Waals surface area contributed by atoms with Gasteiger partial charge >= 0.3 is 5.97 Å². The summed E-state index contributed by atoms with van der Waals surface area (Å²) in [4.78, 5) is 24.3. The van der Waals surface area contributed by atoms with Gasteiger partial charge < -0.3 is 23.9 Å². The third kappa shape index (κ3) is 4.42. The lowest BCUT2D eigenvalue weighted by Gasteiger charge is -2.21. The summed E-state index contributed by atoms with van der Waals surface area (Å²) in [6.07, 6.45) is 1.42. The number of ether oxygens (including phenoxy) is 3. The molecule has 0 saturated carbocycles. The highest BCUT2D eigenvalue weighted by Crippen LogP contribution is 2.32. The molecule has 8 heteroatoms. The number of carbonyl (C=O) groups excluding carboxylic acids is 2. The van der Waals surface area contributed by atoms with Crippen LogP contribution in [0, 0.1) is 0 Å². The van der Waals surface area contributed by atoms with Crippen LogP contribution in [0.4, 0.5) is 5.69 Å². The van der Waals surface area contributed by atoms with E-state index in [-0.39, 0.29) is 25.1 Å². The number of rotatable bonds is 5. The number of carbonyl (C=O) groups is 2. The molecule has 3 aromatic rings. The zero-order chi connectivity index (χ0) is 20.2. The normalized spacial score (nSPS) is 12.6. The smallest absolute Gasteiger partial charge is 0.338 e. The van der Waals surface area contributed by atoms with Crippen molar-refractivity contribution in [2.75, 3.05) is 12.1 Å². The average Bonchev–Trinajstić information content (AvgIpc) is 3.27. The highest BCUT2D eigenvalue weighted by atomic mass is 35.5. The summed E-state index contributed by atoms with van der Waals surface area (Å²) in [5.41, 5.74) is 2.36. The minimum atomic E-state index is -0.505. The molecule has 0 fully saturated rings. The van der Waals surface area contributed by atoms with Crippen LogP contribution in [0.15, 0.2) is 59.2 Å². The number of furan rings is 1. The van der Waals surface area contributed by atoms with Crippen LogP contribution in [0.25, 0.3) is 0 Å². The van der Waals surface area contributed by atoms with Crippen LogP contribution in [0.5, 0.6) is 5.75 Å². The first kappa shape index (κ1) is 19.0. The Hall–Kier alpha value is -3.29. The molecule has 2 aromatic carbocycles. The summed E-state index contributed by atoms with van der Waals surface area (Å²) >= 11 is 6.12. The Labute approximate surface area is 171 Å². The highest BCUT2D eigenvalue weighted by molar-refractivity contribution is 6.30. The van der Waals surface area contributed by atoms with Crippen LogP contribution >= 0.6 is 11.6 Å². The Morgan fingerprint density at radius 1 is 1.14 bits per heavy atom. The van der Waals surface area contributed by atoms with Gasteiger partial charge in [0.05, 0.1) is 18.4 Å². The fourth-order valence-electron chi connectivity index (χ4n) is 2.88. The summed E-state index contributed by atoms with van der Waals surface area (Å²) in [5.74, 6) is -0.0508. The van der Waals surface area contributed by atoms with Crippen molar-refractivity contribution in [3.8, 4) is 5.75 Å². The summed E-state index contributed by atoms with van der Waals surface area (Å²) in [7, 11) is 0. The summed E-state index contributed by atoms with van der Waals surface area (Å²) in [6, 6.07) is 13.0. The molecule has 0 saturated heterocycles. The van der Waals surface area contributed by atoms with Gasteiger partial charge in [0.25, 0.3) is 5.91 Å². The molecular weight excluding hydrogens is 398 g/mol. The van der Waals surface area contributed by atoms with Gasteiger partial charge in [-0.1, -0.05) is 11.6 Å². The lowest BCUT2D eigenvalue weighted by Crippen LogP contribution is -2.14. The molecule has 0 spiro atoms. The molecule has 7 nitrogen and oxygen atoms in total. The zero-order valence-corrected chi connectivity index (χ0v) is 15.9. The van der Waals surface area contributed by atoms with E-state index in [0.29, 0.717) is 34.2 Å². The molecule has 29 heavy (non-hydrogen) atoms. The molecule has 0 bridgehead atoms. The fourth-order valence-corrected chi connectivity index (χ4v) is 3.14. The van der Waals surface area contributed by atoms with E-state index in [4.69, 9.17) is 30.2 Å². The van der Waals surface area contributed by atoms with Gasteiger partial charge in [-0.05, 0) is 48.5 Å². The monoisotopic (exact) mass is 413 g/mol. The van der Waals surface area contributed by atoms with Gasteiger partial charge in [-0.2, -0.15) is 0 Å². The molecule has 1 N–H and O–H groups in total. The van der Waals surface area contributed by atoms with E-state index < -0.39 is 5.97 Å². The molecule has 1 aliphatic heterocycles.